The average Bonchev–Trinajstić information content (AvgIpc) is 3.05. The Morgan fingerprint density at radius 3 is 2.64 bits per heavy atom. The van der Waals surface area contributed by atoms with Crippen molar-refractivity contribution < 1.29 is 14.3 Å². The van der Waals surface area contributed by atoms with Gasteiger partial charge in [-0.25, -0.2) is 0 Å². The van der Waals surface area contributed by atoms with Crippen LogP contribution in [0.2, 0.25) is 0 Å². The van der Waals surface area contributed by atoms with Crippen molar-refractivity contribution in [3.8, 4) is 5.75 Å². The van der Waals surface area contributed by atoms with Crippen LogP contribution in [-0.2, 0) is 22.6 Å². The Kier molecular flexibility index (Phi) is 6.47. The van der Waals surface area contributed by atoms with Crippen LogP contribution in [0.5, 0.6) is 5.75 Å². The molecular formula is C21H25N3O4. The average molecular weight is 383 g/mol. The van der Waals surface area contributed by atoms with E-state index in [9.17, 15) is 14.4 Å². The molecule has 148 valence electrons. The van der Waals surface area contributed by atoms with Gasteiger partial charge in [0.1, 0.15) is 5.75 Å². The summed E-state index contributed by atoms with van der Waals surface area (Å²) in [5.74, 6) is 0.713. The smallest absolute Gasteiger partial charge is 0.250 e. The maximum absolute atomic E-state index is 12.2. The number of carbonyl (C=O) groups is 2. The molecule has 0 aliphatic carbocycles. The summed E-state index contributed by atoms with van der Waals surface area (Å²) in [6.45, 7) is 1.47. The van der Waals surface area contributed by atoms with Crippen LogP contribution in [-0.4, -0.2) is 47.5 Å². The number of carbonyl (C=O) groups excluding carboxylic acids is 2. The summed E-state index contributed by atoms with van der Waals surface area (Å²) in [7, 11) is 1.63. The van der Waals surface area contributed by atoms with Crippen LogP contribution in [0.1, 0.15) is 18.4 Å². The SMILES string of the molecule is COc1ccc(CCN2CC(NC(=O)CCn3ccccc3=O)CC2=O)cc1. The van der Waals surface area contributed by atoms with Gasteiger partial charge in [-0.3, -0.25) is 14.4 Å². The van der Waals surface area contributed by atoms with Gasteiger partial charge in [-0.05, 0) is 30.2 Å². The molecule has 1 N–H and O–H groups in total. The van der Waals surface area contributed by atoms with Crippen molar-refractivity contribution >= 4 is 11.8 Å². The van der Waals surface area contributed by atoms with E-state index >= 15 is 0 Å². The number of hydrogen-bond donors (Lipinski definition) is 1. The number of amides is 2. The Balaban J connectivity index is 1.43. The first-order valence-electron chi connectivity index (χ1n) is 9.40. The highest BCUT2D eigenvalue weighted by atomic mass is 16.5. The number of pyridine rings is 1. The predicted molar refractivity (Wildman–Crippen MR) is 105 cm³/mol. The van der Waals surface area contributed by atoms with Crippen molar-refractivity contribution in [2.75, 3.05) is 20.2 Å². The van der Waals surface area contributed by atoms with Crippen molar-refractivity contribution in [3.63, 3.8) is 0 Å². The van der Waals surface area contributed by atoms with Gasteiger partial charge in [-0.15, -0.1) is 0 Å². The third-order valence-electron chi connectivity index (χ3n) is 4.89. The van der Waals surface area contributed by atoms with Crippen LogP contribution >= 0.6 is 0 Å². The maximum Gasteiger partial charge on any atom is 0.250 e. The lowest BCUT2D eigenvalue weighted by atomic mass is 10.1. The Morgan fingerprint density at radius 1 is 1.14 bits per heavy atom. The topological polar surface area (TPSA) is 80.6 Å². The lowest BCUT2D eigenvalue weighted by molar-refractivity contribution is -0.127. The number of likely N-dealkylation sites (tertiary alicyclic amines) is 1. The van der Waals surface area contributed by atoms with Crippen LogP contribution < -0.4 is 15.6 Å². The Hall–Kier alpha value is -3.09. The monoisotopic (exact) mass is 383 g/mol. The molecule has 1 aromatic carbocycles. The van der Waals surface area contributed by atoms with E-state index in [2.05, 4.69) is 5.32 Å². The largest absolute Gasteiger partial charge is 0.497 e. The molecule has 7 nitrogen and oxygen atoms in total. The lowest BCUT2D eigenvalue weighted by Gasteiger charge is -2.17. The molecule has 1 aromatic heterocycles. The van der Waals surface area contributed by atoms with Crippen LogP contribution in [0.4, 0.5) is 0 Å². The maximum atomic E-state index is 12.2. The fraction of sp³-hybridized carbons (Fsp3) is 0.381. The number of nitrogens with one attached hydrogen (secondary N) is 1. The van der Waals surface area contributed by atoms with E-state index in [1.165, 1.54) is 10.6 Å². The van der Waals surface area contributed by atoms with Crippen molar-refractivity contribution in [2.24, 2.45) is 0 Å². The van der Waals surface area contributed by atoms with Crippen molar-refractivity contribution in [3.05, 3.63) is 64.6 Å². The summed E-state index contributed by atoms with van der Waals surface area (Å²) in [4.78, 5) is 37.8. The molecule has 0 radical (unpaired) electrons. The number of rotatable bonds is 8. The zero-order valence-electron chi connectivity index (χ0n) is 16.0. The van der Waals surface area contributed by atoms with Crippen LogP contribution in [0.25, 0.3) is 0 Å². The zero-order chi connectivity index (χ0) is 19.9. The highest BCUT2D eigenvalue weighted by molar-refractivity contribution is 5.82. The summed E-state index contributed by atoms with van der Waals surface area (Å²) < 4.78 is 6.65. The normalized spacial score (nSPS) is 16.2. The molecule has 1 saturated heterocycles. The number of aromatic nitrogens is 1. The molecule has 2 heterocycles. The number of hydrogen-bond acceptors (Lipinski definition) is 4. The van der Waals surface area contributed by atoms with E-state index in [-0.39, 0.29) is 29.8 Å². The minimum atomic E-state index is -0.177. The number of methoxy groups -OCH3 is 1. The van der Waals surface area contributed by atoms with Gasteiger partial charge < -0.3 is 19.5 Å². The Morgan fingerprint density at radius 2 is 1.93 bits per heavy atom. The van der Waals surface area contributed by atoms with Gasteiger partial charge in [0, 0.05) is 44.7 Å². The second kappa shape index (κ2) is 9.21. The van der Waals surface area contributed by atoms with Crippen molar-refractivity contribution in [1.29, 1.82) is 0 Å². The highest BCUT2D eigenvalue weighted by Crippen LogP contribution is 2.15. The van der Waals surface area contributed by atoms with Gasteiger partial charge in [0.05, 0.1) is 13.2 Å². The first-order chi connectivity index (χ1) is 13.5. The van der Waals surface area contributed by atoms with E-state index in [1.54, 1.807) is 30.3 Å². The van der Waals surface area contributed by atoms with Gasteiger partial charge in [0.2, 0.25) is 11.8 Å². The quantitative estimate of drug-likeness (QED) is 0.743. The third kappa shape index (κ3) is 5.22. The molecule has 0 saturated carbocycles. The standard InChI is InChI=1S/C21H25N3O4/c1-28-18-7-5-16(6-8-18)9-12-24-15-17(14-21(24)27)22-19(25)10-13-23-11-3-2-4-20(23)26/h2-8,11,17H,9-10,12-15H2,1H3,(H,22,25). The van der Waals surface area contributed by atoms with Crippen LogP contribution in [0, 0.1) is 0 Å². The number of ether oxygens (including phenoxy) is 1. The number of nitrogens with zero attached hydrogens (tertiary/aromatic N) is 2. The summed E-state index contributed by atoms with van der Waals surface area (Å²) in [6, 6.07) is 12.5. The molecule has 0 spiro atoms. The molecule has 1 aliphatic heterocycles. The van der Waals surface area contributed by atoms with Crippen LogP contribution in [0.3, 0.4) is 0 Å². The van der Waals surface area contributed by atoms with Gasteiger partial charge >= 0.3 is 0 Å². The molecular weight excluding hydrogens is 358 g/mol. The molecule has 1 aliphatic rings. The molecule has 1 atom stereocenters. The third-order valence-corrected chi connectivity index (χ3v) is 4.89. The number of aryl methyl sites for hydroxylation is 1. The Labute approximate surface area is 163 Å². The summed E-state index contributed by atoms with van der Waals surface area (Å²) in [5.41, 5.74) is 1.01. The van der Waals surface area contributed by atoms with Gasteiger partial charge in [0.15, 0.2) is 0 Å². The fourth-order valence-electron chi connectivity index (χ4n) is 3.31. The molecule has 1 unspecified atom stereocenters. The molecule has 2 aromatic rings. The van der Waals surface area contributed by atoms with Gasteiger partial charge in [-0.2, -0.15) is 0 Å². The molecule has 1 fully saturated rings. The molecule has 7 heteroatoms. The van der Waals surface area contributed by atoms with E-state index in [1.807, 2.05) is 24.3 Å². The van der Waals surface area contributed by atoms with Crippen molar-refractivity contribution in [2.45, 2.75) is 31.8 Å². The second-order valence-electron chi connectivity index (χ2n) is 6.89. The van der Waals surface area contributed by atoms with E-state index in [0.29, 0.717) is 26.1 Å². The summed E-state index contributed by atoms with van der Waals surface area (Å²) in [5, 5.41) is 2.91. The predicted octanol–water partition coefficient (Wildman–Crippen LogP) is 1.21. The minimum Gasteiger partial charge on any atom is -0.497 e. The van der Waals surface area contributed by atoms with Gasteiger partial charge in [0.25, 0.3) is 5.56 Å². The van der Waals surface area contributed by atoms with Crippen LogP contribution in [0.15, 0.2) is 53.5 Å². The first kappa shape index (κ1) is 19.7. The van der Waals surface area contributed by atoms with Crippen molar-refractivity contribution in [1.82, 2.24) is 14.8 Å². The fourth-order valence-corrected chi connectivity index (χ4v) is 3.31. The minimum absolute atomic E-state index is 0.0538. The van der Waals surface area contributed by atoms with Gasteiger partial charge in [-0.1, -0.05) is 18.2 Å². The Bertz CT molecular complexity index is 876. The number of benzene rings is 1. The summed E-state index contributed by atoms with van der Waals surface area (Å²) >= 11 is 0. The highest BCUT2D eigenvalue weighted by Gasteiger charge is 2.30. The lowest BCUT2D eigenvalue weighted by Crippen LogP contribution is -2.38. The summed E-state index contributed by atoms with van der Waals surface area (Å²) in [6.07, 6.45) is 2.95. The molecule has 2 amide bonds. The molecule has 0 bridgehead atoms. The van der Waals surface area contributed by atoms with E-state index in [0.717, 1.165) is 17.7 Å². The van der Waals surface area contributed by atoms with E-state index < -0.39 is 0 Å². The molecule has 3 rings (SSSR count). The zero-order valence-corrected chi connectivity index (χ0v) is 16.0. The molecule has 28 heavy (non-hydrogen) atoms. The van der Waals surface area contributed by atoms with E-state index in [4.69, 9.17) is 4.74 Å². The second-order valence-corrected chi connectivity index (χ2v) is 6.89. The first-order valence-corrected chi connectivity index (χ1v) is 9.40.